The van der Waals surface area contributed by atoms with E-state index in [-0.39, 0.29) is 11.3 Å². The van der Waals surface area contributed by atoms with Crippen LogP contribution in [0.2, 0.25) is 0 Å². The largest absolute Gasteiger partial charge is 0.476 e. The maximum atomic E-state index is 10.7. The van der Waals surface area contributed by atoms with Crippen molar-refractivity contribution < 1.29 is 19.2 Å². The minimum absolute atomic E-state index is 0.101. The Labute approximate surface area is 110 Å². The van der Waals surface area contributed by atoms with Gasteiger partial charge in [0.2, 0.25) is 0 Å². The number of nitrogens with zero attached hydrogens (tertiary/aromatic N) is 1. The number of benzene rings is 1. The van der Waals surface area contributed by atoms with Crippen molar-refractivity contribution in [2.75, 3.05) is 7.11 Å². The Morgan fingerprint density at radius 2 is 1.95 bits per heavy atom. The molecule has 19 heavy (non-hydrogen) atoms. The van der Waals surface area contributed by atoms with E-state index in [0.717, 1.165) is 11.1 Å². The zero-order chi connectivity index (χ0) is 14.0. The highest BCUT2D eigenvalue weighted by atomic mass is 16.5. The van der Waals surface area contributed by atoms with E-state index in [2.05, 4.69) is 5.16 Å². The molecule has 1 aromatic carbocycles. The zero-order valence-corrected chi connectivity index (χ0v) is 11.0. The zero-order valence-electron chi connectivity index (χ0n) is 11.0. The summed E-state index contributed by atoms with van der Waals surface area (Å²) in [4.78, 5) is 10.7. The Bertz CT molecular complexity index is 584. The second-order valence-electron chi connectivity index (χ2n) is 4.67. The van der Waals surface area contributed by atoms with Crippen LogP contribution in [0.25, 0.3) is 11.3 Å². The third-order valence-electron chi connectivity index (χ3n) is 3.10. The SMILES string of the molecule is COC(C)(C)c1ccc(-c2cc(C(=O)O)no2)cc1. The van der Waals surface area contributed by atoms with Crippen LogP contribution < -0.4 is 0 Å². The van der Waals surface area contributed by atoms with Gasteiger partial charge in [0, 0.05) is 18.7 Å². The van der Waals surface area contributed by atoms with Crippen molar-refractivity contribution in [3.8, 4) is 11.3 Å². The summed E-state index contributed by atoms with van der Waals surface area (Å²) in [7, 11) is 1.66. The fourth-order valence-corrected chi connectivity index (χ4v) is 1.67. The summed E-state index contributed by atoms with van der Waals surface area (Å²) in [5.41, 5.74) is 1.33. The van der Waals surface area contributed by atoms with Crippen molar-refractivity contribution in [2.45, 2.75) is 19.4 Å². The highest BCUT2D eigenvalue weighted by Crippen LogP contribution is 2.27. The monoisotopic (exact) mass is 261 g/mol. The summed E-state index contributed by atoms with van der Waals surface area (Å²) in [5, 5.41) is 12.3. The number of hydrogen-bond acceptors (Lipinski definition) is 4. The van der Waals surface area contributed by atoms with Crippen molar-refractivity contribution in [3.05, 3.63) is 41.6 Å². The molecule has 5 heteroatoms. The van der Waals surface area contributed by atoms with Gasteiger partial charge in [-0.1, -0.05) is 29.4 Å². The normalized spacial score (nSPS) is 11.5. The lowest BCUT2D eigenvalue weighted by Gasteiger charge is -2.23. The number of hydrogen-bond donors (Lipinski definition) is 1. The predicted molar refractivity (Wildman–Crippen MR) is 68.9 cm³/mol. The van der Waals surface area contributed by atoms with Crippen LogP contribution in [0.5, 0.6) is 0 Å². The molecule has 0 aliphatic rings. The molecule has 0 unspecified atom stereocenters. The van der Waals surface area contributed by atoms with E-state index in [1.54, 1.807) is 7.11 Å². The standard InChI is InChI=1S/C14H15NO4/c1-14(2,18-3)10-6-4-9(5-7-10)12-8-11(13(16)17)15-19-12/h4-8H,1-3H3,(H,16,17). The number of rotatable bonds is 4. The number of carboxylic acids is 1. The molecule has 2 rings (SSSR count). The molecular weight excluding hydrogens is 246 g/mol. The maximum Gasteiger partial charge on any atom is 0.358 e. The van der Waals surface area contributed by atoms with Gasteiger partial charge in [-0.3, -0.25) is 0 Å². The van der Waals surface area contributed by atoms with E-state index < -0.39 is 5.97 Å². The Hall–Kier alpha value is -2.14. The quantitative estimate of drug-likeness (QED) is 0.916. The topological polar surface area (TPSA) is 72.6 Å². The van der Waals surface area contributed by atoms with Crippen LogP contribution in [-0.4, -0.2) is 23.3 Å². The van der Waals surface area contributed by atoms with Crippen LogP contribution in [0.3, 0.4) is 0 Å². The van der Waals surface area contributed by atoms with Crippen molar-refractivity contribution >= 4 is 5.97 Å². The summed E-state index contributed by atoms with van der Waals surface area (Å²) in [6.07, 6.45) is 0. The van der Waals surface area contributed by atoms with E-state index in [0.29, 0.717) is 5.76 Å². The van der Waals surface area contributed by atoms with Gasteiger partial charge in [0.1, 0.15) is 0 Å². The fraction of sp³-hybridized carbons (Fsp3) is 0.286. The lowest BCUT2D eigenvalue weighted by Crippen LogP contribution is -2.19. The summed E-state index contributed by atoms with van der Waals surface area (Å²) < 4.78 is 10.4. The van der Waals surface area contributed by atoms with E-state index in [1.165, 1.54) is 6.07 Å². The van der Waals surface area contributed by atoms with Crippen molar-refractivity contribution in [1.29, 1.82) is 0 Å². The molecule has 0 spiro atoms. The number of carboxylic acid groups (broad SMARTS) is 1. The average molecular weight is 261 g/mol. The highest BCUT2D eigenvalue weighted by Gasteiger charge is 2.19. The van der Waals surface area contributed by atoms with E-state index in [1.807, 2.05) is 38.1 Å². The Balaban J connectivity index is 2.29. The second-order valence-corrected chi connectivity index (χ2v) is 4.67. The lowest BCUT2D eigenvalue weighted by molar-refractivity contribution is 0.0192. The van der Waals surface area contributed by atoms with Gasteiger partial charge in [-0.15, -0.1) is 0 Å². The average Bonchev–Trinajstić information content (AvgIpc) is 2.88. The Morgan fingerprint density at radius 1 is 1.32 bits per heavy atom. The van der Waals surface area contributed by atoms with Gasteiger partial charge in [-0.2, -0.15) is 0 Å². The molecule has 0 radical (unpaired) electrons. The molecule has 1 N–H and O–H groups in total. The molecule has 5 nitrogen and oxygen atoms in total. The molecule has 0 atom stereocenters. The molecule has 0 aliphatic heterocycles. The Kier molecular flexibility index (Phi) is 3.40. The van der Waals surface area contributed by atoms with E-state index in [9.17, 15) is 4.79 Å². The first-order valence-electron chi connectivity index (χ1n) is 5.80. The number of ether oxygens (including phenoxy) is 1. The molecule has 0 bridgehead atoms. The number of aromatic carboxylic acids is 1. The molecular formula is C14H15NO4. The highest BCUT2D eigenvalue weighted by molar-refractivity contribution is 5.86. The molecule has 0 fully saturated rings. The maximum absolute atomic E-state index is 10.7. The molecule has 0 amide bonds. The van der Waals surface area contributed by atoms with Crippen LogP contribution in [0.1, 0.15) is 29.9 Å². The number of aromatic nitrogens is 1. The first-order chi connectivity index (χ1) is 8.94. The van der Waals surface area contributed by atoms with Crippen LogP contribution in [0.4, 0.5) is 0 Å². The van der Waals surface area contributed by atoms with Crippen molar-refractivity contribution in [1.82, 2.24) is 5.16 Å². The fourth-order valence-electron chi connectivity index (χ4n) is 1.67. The second kappa shape index (κ2) is 4.85. The predicted octanol–water partition coefficient (Wildman–Crippen LogP) is 2.92. The first-order valence-corrected chi connectivity index (χ1v) is 5.80. The van der Waals surface area contributed by atoms with Gasteiger partial charge < -0.3 is 14.4 Å². The summed E-state index contributed by atoms with van der Waals surface area (Å²) in [5.74, 6) is -0.675. The van der Waals surface area contributed by atoms with Gasteiger partial charge in [0.05, 0.1) is 5.60 Å². The molecule has 100 valence electrons. The smallest absolute Gasteiger partial charge is 0.358 e. The third-order valence-corrected chi connectivity index (χ3v) is 3.10. The third kappa shape index (κ3) is 2.66. The minimum atomic E-state index is -1.10. The molecule has 1 heterocycles. The van der Waals surface area contributed by atoms with Crippen LogP contribution in [0.15, 0.2) is 34.9 Å². The summed E-state index contributed by atoms with van der Waals surface area (Å²) in [6, 6.07) is 8.94. The van der Waals surface area contributed by atoms with Gasteiger partial charge in [0.15, 0.2) is 11.5 Å². The van der Waals surface area contributed by atoms with Crippen molar-refractivity contribution in [3.63, 3.8) is 0 Å². The van der Waals surface area contributed by atoms with E-state index >= 15 is 0 Å². The lowest BCUT2D eigenvalue weighted by atomic mass is 9.96. The van der Waals surface area contributed by atoms with Crippen LogP contribution >= 0.6 is 0 Å². The molecule has 2 aromatic rings. The van der Waals surface area contributed by atoms with E-state index in [4.69, 9.17) is 14.4 Å². The molecule has 1 aromatic heterocycles. The van der Waals surface area contributed by atoms with Crippen LogP contribution in [-0.2, 0) is 10.3 Å². The Morgan fingerprint density at radius 3 is 2.42 bits per heavy atom. The first kappa shape index (κ1) is 13.3. The van der Waals surface area contributed by atoms with Gasteiger partial charge >= 0.3 is 5.97 Å². The molecule has 0 saturated heterocycles. The minimum Gasteiger partial charge on any atom is -0.476 e. The summed E-state index contributed by atoms with van der Waals surface area (Å²) >= 11 is 0. The van der Waals surface area contributed by atoms with Gasteiger partial charge in [-0.25, -0.2) is 4.79 Å². The molecule has 0 saturated carbocycles. The van der Waals surface area contributed by atoms with Gasteiger partial charge in [-0.05, 0) is 19.4 Å². The molecule has 0 aliphatic carbocycles. The number of methoxy groups -OCH3 is 1. The van der Waals surface area contributed by atoms with Crippen LogP contribution in [0, 0.1) is 0 Å². The van der Waals surface area contributed by atoms with Gasteiger partial charge in [0.25, 0.3) is 0 Å². The van der Waals surface area contributed by atoms with Crippen molar-refractivity contribution in [2.24, 2.45) is 0 Å². The number of carbonyl (C=O) groups is 1. The summed E-state index contributed by atoms with van der Waals surface area (Å²) in [6.45, 7) is 3.94.